The Morgan fingerprint density at radius 1 is 1.24 bits per heavy atom. The fourth-order valence-electron chi connectivity index (χ4n) is 1.32. The zero-order valence-corrected chi connectivity index (χ0v) is 9.68. The number of benzene rings is 1. The third-order valence-corrected chi connectivity index (χ3v) is 2.35. The minimum atomic E-state index is -1.30. The Labute approximate surface area is 99.1 Å². The van der Waals surface area contributed by atoms with Gasteiger partial charge in [-0.3, -0.25) is 4.79 Å². The summed E-state index contributed by atoms with van der Waals surface area (Å²) < 4.78 is 0. The van der Waals surface area contributed by atoms with Crippen LogP contribution in [0, 0.1) is 6.92 Å². The molecular formula is C12H15NO4. The van der Waals surface area contributed by atoms with Crippen molar-refractivity contribution >= 4 is 11.9 Å². The Bertz CT molecular complexity index is 411. The van der Waals surface area contributed by atoms with Crippen LogP contribution in [0.25, 0.3) is 0 Å². The second-order valence-electron chi connectivity index (χ2n) is 3.90. The lowest BCUT2D eigenvalue weighted by Crippen LogP contribution is -2.47. The Balaban J connectivity index is 2.77. The van der Waals surface area contributed by atoms with Crippen LogP contribution in [-0.4, -0.2) is 34.2 Å². The zero-order valence-electron chi connectivity index (χ0n) is 9.68. The maximum atomic E-state index is 11.7. The summed E-state index contributed by atoms with van der Waals surface area (Å²) in [4.78, 5) is 22.5. The van der Waals surface area contributed by atoms with E-state index in [-0.39, 0.29) is 0 Å². The van der Waals surface area contributed by atoms with Gasteiger partial charge in [0, 0.05) is 5.56 Å². The molecule has 0 heterocycles. The smallest absolute Gasteiger partial charge is 0.328 e. The summed E-state index contributed by atoms with van der Waals surface area (Å²) in [6, 6.07) is 5.42. The van der Waals surface area contributed by atoms with Crippen molar-refractivity contribution < 1.29 is 19.8 Å². The molecule has 2 atom stereocenters. The van der Waals surface area contributed by atoms with Crippen LogP contribution in [0.1, 0.15) is 22.8 Å². The molecule has 0 radical (unpaired) electrons. The number of hydrogen-bond acceptors (Lipinski definition) is 3. The summed E-state index contributed by atoms with van der Waals surface area (Å²) in [5.74, 6) is -1.78. The summed E-state index contributed by atoms with van der Waals surface area (Å²) in [6.07, 6.45) is -1.15. The van der Waals surface area contributed by atoms with E-state index in [2.05, 4.69) is 5.32 Å². The molecule has 1 aromatic carbocycles. The molecule has 0 aliphatic rings. The number of rotatable bonds is 4. The summed E-state index contributed by atoms with van der Waals surface area (Å²) in [7, 11) is 0. The van der Waals surface area contributed by atoms with E-state index in [0.717, 1.165) is 5.56 Å². The van der Waals surface area contributed by atoms with Gasteiger partial charge in [0.2, 0.25) is 0 Å². The number of carboxylic acid groups (broad SMARTS) is 1. The number of carboxylic acids is 1. The molecule has 1 amide bonds. The lowest BCUT2D eigenvalue weighted by atomic mass is 10.1. The molecule has 0 unspecified atom stereocenters. The molecule has 5 nitrogen and oxygen atoms in total. The number of aliphatic carboxylic acids is 1. The quantitative estimate of drug-likeness (QED) is 0.714. The molecular weight excluding hydrogens is 222 g/mol. The van der Waals surface area contributed by atoms with Crippen LogP contribution in [0.4, 0.5) is 0 Å². The van der Waals surface area contributed by atoms with E-state index in [4.69, 9.17) is 5.11 Å². The number of hydrogen-bond donors (Lipinski definition) is 3. The first-order chi connectivity index (χ1) is 7.91. The van der Waals surface area contributed by atoms with Gasteiger partial charge in [-0.15, -0.1) is 0 Å². The van der Waals surface area contributed by atoms with E-state index < -0.39 is 24.0 Å². The number of aryl methyl sites for hydroxylation is 1. The average molecular weight is 237 g/mol. The second kappa shape index (κ2) is 5.45. The number of carbonyl (C=O) groups excluding carboxylic acids is 1. The van der Waals surface area contributed by atoms with Gasteiger partial charge in [-0.25, -0.2) is 4.79 Å². The minimum Gasteiger partial charge on any atom is -0.480 e. The third-order valence-electron chi connectivity index (χ3n) is 2.35. The highest BCUT2D eigenvalue weighted by Crippen LogP contribution is 2.04. The largest absolute Gasteiger partial charge is 0.480 e. The predicted octanol–water partition coefficient (Wildman–Crippen LogP) is 0.559. The monoisotopic (exact) mass is 237 g/mol. The van der Waals surface area contributed by atoms with E-state index in [1.165, 1.54) is 6.92 Å². The van der Waals surface area contributed by atoms with Gasteiger partial charge in [-0.05, 0) is 26.0 Å². The van der Waals surface area contributed by atoms with Crippen LogP contribution < -0.4 is 5.32 Å². The van der Waals surface area contributed by atoms with E-state index in [0.29, 0.717) is 5.56 Å². The SMILES string of the molecule is Cc1ccc(C(=O)N[C@H](C(=O)O)[C@@H](C)O)cc1. The predicted molar refractivity (Wildman–Crippen MR) is 61.7 cm³/mol. The van der Waals surface area contributed by atoms with Crippen molar-refractivity contribution in [2.75, 3.05) is 0 Å². The summed E-state index contributed by atoms with van der Waals surface area (Å²) in [5.41, 5.74) is 1.37. The Hall–Kier alpha value is -1.88. The van der Waals surface area contributed by atoms with Crippen molar-refractivity contribution in [3.63, 3.8) is 0 Å². The van der Waals surface area contributed by atoms with Crippen LogP contribution in [0.3, 0.4) is 0 Å². The first-order valence-corrected chi connectivity index (χ1v) is 5.20. The number of nitrogens with one attached hydrogen (secondary N) is 1. The van der Waals surface area contributed by atoms with Crippen LogP contribution in [0.5, 0.6) is 0 Å². The topological polar surface area (TPSA) is 86.6 Å². The number of aliphatic hydroxyl groups excluding tert-OH is 1. The van der Waals surface area contributed by atoms with Crippen molar-refractivity contribution in [1.82, 2.24) is 5.32 Å². The molecule has 0 saturated heterocycles. The number of amides is 1. The molecule has 0 aliphatic carbocycles. The summed E-state index contributed by atoms with van der Waals surface area (Å²) >= 11 is 0. The molecule has 0 fully saturated rings. The van der Waals surface area contributed by atoms with E-state index >= 15 is 0 Å². The standard InChI is InChI=1S/C12H15NO4/c1-7-3-5-9(6-4-7)11(15)13-10(8(2)14)12(16)17/h3-6,8,10,14H,1-2H3,(H,13,15)(H,16,17)/t8-,10+/m1/s1. The van der Waals surface area contributed by atoms with Crippen molar-refractivity contribution in [1.29, 1.82) is 0 Å². The van der Waals surface area contributed by atoms with E-state index in [1.807, 2.05) is 6.92 Å². The normalized spacial score (nSPS) is 13.8. The molecule has 5 heteroatoms. The van der Waals surface area contributed by atoms with Gasteiger partial charge in [-0.1, -0.05) is 17.7 Å². The Kier molecular flexibility index (Phi) is 4.23. The van der Waals surface area contributed by atoms with Crippen molar-refractivity contribution in [3.05, 3.63) is 35.4 Å². The molecule has 0 aliphatic heterocycles. The van der Waals surface area contributed by atoms with Gasteiger partial charge in [0.15, 0.2) is 6.04 Å². The Morgan fingerprint density at radius 3 is 2.18 bits per heavy atom. The first-order valence-electron chi connectivity index (χ1n) is 5.20. The van der Waals surface area contributed by atoms with Gasteiger partial charge in [0.1, 0.15) is 0 Å². The van der Waals surface area contributed by atoms with Gasteiger partial charge in [0.05, 0.1) is 6.10 Å². The van der Waals surface area contributed by atoms with Gasteiger partial charge < -0.3 is 15.5 Å². The van der Waals surface area contributed by atoms with Crippen molar-refractivity contribution in [3.8, 4) is 0 Å². The van der Waals surface area contributed by atoms with Gasteiger partial charge in [-0.2, -0.15) is 0 Å². The molecule has 0 bridgehead atoms. The van der Waals surface area contributed by atoms with Crippen LogP contribution >= 0.6 is 0 Å². The third kappa shape index (κ3) is 3.57. The fourth-order valence-corrected chi connectivity index (χ4v) is 1.32. The molecule has 17 heavy (non-hydrogen) atoms. The molecule has 0 aromatic heterocycles. The number of aliphatic hydroxyl groups is 1. The molecule has 3 N–H and O–H groups in total. The average Bonchev–Trinajstić information content (AvgIpc) is 2.25. The number of carbonyl (C=O) groups is 2. The molecule has 0 spiro atoms. The van der Waals surface area contributed by atoms with Crippen LogP contribution in [0.15, 0.2) is 24.3 Å². The van der Waals surface area contributed by atoms with E-state index in [1.54, 1.807) is 24.3 Å². The fraction of sp³-hybridized carbons (Fsp3) is 0.333. The zero-order chi connectivity index (χ0) is 13.0. The Morgan fingerprint density at radius 2 is 1.76 bits per heavy atom. The van der Waals surface area contributed by atoms with Crippen LogP contribution in [-0.2, 0) is 4.79 Å². The molecule has 0 saturated carbocycles. The van der Waals surface area contributed by atoms with Crippen LogP contribution in [0.2, 0.25) is 0 Å². The first kappa shape index (κ1) is 13.2. The van der Waals surface area contributed by atoms with Crippen molar-refractivity contribution in [2.45, 2.75) is 26.0 Å². The van der Waals surface area contributed by atoms with Crippen molar-refractivity contribution in [2.24, 2.45) is 0 Å². The second-order valence-corrected chi connectivity index (χ2v) is 3.90. The molecule has 1 rings (SSSR count). The molecule has 1 aromatic rings. The maximum Gasteiger partial charge on any atom is 0.328 e. The maximum absolute atomic E-state index is 11.7. The highest BCUT2D eigenvalue weighted by Gasteiger charge is 2.25. The molecule has 92 valence electrons. The lowest BCUT2D eigenvalue weighted by Gasteiger charge is -2.16. The summed E-state index contributed by atoms with van der Waals surface area (Å²) in [5, 5.41) is 20.3. The highest BCUT2D eigenvalue weighted by atomic mass is 16.4. The summed E-state index contributed by atoms with van der Waals surface area (Å²) in [6.45, 7) is 3.20. The van der Waals surface area contributed by atoms with Gasteiger partial charge in [0.25, 0.3) is 5.91 Å². The van der Waals surface area contributed by atoms with E-state index in [9.17, 15) is 14.7 Å². The lowest BCUT2D eigenvalue weighted by molar-refractivity contribution is -0.141. The van der Waals surface area contributed by atoms with Gasteiger partial charge >= 0.3 is 5.97 Å². The highest BCUT2D eigenvalue weighted by molar-refractivity contribution is 5.96. The minimum absolute atomic E-state index is 0.363.